The first-order valence-electron chi connectivity index (χ1n) is 11.3. The largest absolute Gasteiger partial charge is 0.481 e. The second-order valence-corrected chi connectivity index (χ2v) is 7.46. The standard InChI is InChI=1S/C24H42O4/c1-3-5-7-9-10-11-14-18-22(19-15-12-13-16-20-23(25)26)28-24(27)21-17-8-6-4-2/h9-10,14,18,22H,3-8,11-13,15-17,19-21H2,1-2H3,(H,25,26)/b10-9-,18-14-. The molecule has 0 spiro atoms. The minimum absolute atomic E-state index is 0.102. The molecule has 0 aliphatic heterocycles. The highest BCUT2D eigenvalue weighted by Gasteiger charge is 2.11. The summed E-state index contributed by atoms with van der Waals surface area (Å²) in [7, 11) is 0. The van der Waals surface area contributed by atoms with E-state index in [0.717, 1.165) is 70.6 Å². The third-order valence-corrected chi connectivity index (χ3v) is 4.66. The van der Waals surface area contributed by atoms with Crippen molar-refractivity contribution in [1.29, 1.82) is 0 Å². The van der Waals surface area contributed by atoms with Crippen molar-refractivity contribution >= 4 is 11.9 Å². The molecule has 1 atom stereocenters. The number of esters is 1. The van der Waals surface area contributed by atoms with Crippen LogP contribution in [0.2, 0.25) is 0 Å². The molecule has 0 amide bonds. The van der Waals surface area contributed by atoms with Gasteiger partial charge in [0.1, 0.15) is 6.10 Å². The molecule has 0 rings (SSSR count). The van der Waals surface area contributed by atoms with E-state index >= 15 is 0 Å². The number of carbonyl (C=O) groups is 2. The number of hydrogen-bond acceptors (Lipinski definition) is 3. The minimum atomic E-state index is -0.732. The first-order chi connectivity index (χ1) is 13.6. The lowest BCUT2D eigenvalue weighted by Crippen LogP contribution is -2.16. The maximum Gasteiger partial charge on any atom is 0.306 e. The van der Waals surface area contributed by atoms with Crippen molar-refractivity contribution in [2.24, 2.45) is 0 Å². The SMILES string of the molecule is CCCC/C=C\C/C=C\C(CCCCCCC(=O)O)OC(=O)CCCCCC. The van der Waals surface area contributed by atoms with Crippen LogP contribution in [0.1, 0.15) is 110 Å². The molecule has 0 aliphatic carbocycles. The van der Waals surface area contributed by atoms with Gasteiger partial charge in [0.05, 0.1) is 0 Å². The van der Waals surface area contributed by atoms with Gasteiger partial charge in [-0.1, -0.05) is 77.0 Å². The molecule has 0 aromatic rings. The summed E-state index contributed by atoms with van der Waals surface area (Å²) in [5.41, 5.74) is 0. The second-order valence-electron chi connectivity index (χ2n) is 7.46. The predicted octanol–water partition coefficient (Wildman–Crippen LogP) is 6.99. The number of aliphatic carboxylic acids is 1. The lowest BCUT2D eigenvalue weighted by Gasteiger charge is -2.14. The van der Waals surface area contributed by atoms with Gasteiger partial charge in [0.25, 0.3) is 0 Å². The van der Waals surface area contributed by atoms with Crippen molar-refractivity contribution in [2.45, 2.75) is 116 Å². The molecule has 28 heavy (non-hydrogen) atoms. The molecule has 0 bridgehead atoms. The Morgan fingerprint density at radius 3 is 2.21 bits per heavy atom. The fourth-order valence-corrected chi connectivity index (χ4v) is 2.94. The maximum atomic E-state index is 12.1. The summed E-state index contributed by atoms with van der Waals surface area (Å²) in [6.07, 6.45) is 22.2. The number of carbonyl (C=O) groups excluding carboxylic acids is 1. The lowest BCUT2D eigenvalue weighted by molar-refractivity contribution is -0.147. The Balaban J connectivity index is 4.26. The van der Waals surface area contributed by atoms with Crippen LogP contribution in [0.4, 0.5) is 0 Å². The summed E-state index contributed by atoms with van der Waals surface area (Å²) in [4.78, 5) is 22.6. The fourth-order valence-electron chi connectivity index (χ4n) is 2.94. The van der Waals surface area contributed by atoms with Crippen LogP contribution in [-0.2, 0) is 14.3 Å². The van der Waals surface area contributed by atoms with Crippen molar-refractivity contribution in [1.82, 2.24) is 0 Å². The number of unbranched alkanes of at least 4 members (excludes halogenated alkanes) is 8. The Bertz CT molecular complexity index is 440. The van der Waals surface area contributed by atoms with Crippen LogP contribution in [0, 0.1) is 0 Å². The van der Waals surface area contributed by atoms with Crippen LogP contribution in [-0.4, -0.2) is 23.1 Å². The van der Waals surface area contributed by atoms with E-state index in [2.05, 4.69) is 32.1 Å². The van der Waals surface area contributed by atoms with Crippen LogP contribution in [0.15, 0.2) is 24.3 Å². The topological polar surface area (TPSA) is 63.6 Å². The van der Waals surface area contributed by atoms with Gasteiger partial charge in [-0.15, -0.1) is 0 Å². The normalized spacial score (nSPS) is 12.6. The third kappa shape index (κ3) is 19.2. The molecule has 1 N–H and O–H groups in total. The third-order valence-electron chi connectivity index (χ3n) is 4.66. The van der Waals surface area contributed by atoms with Crippen LogP contribution in [0.25, 0.3) is 0 Å². The highest BCUT2D eigenvalue weighted by Crippen LogP contribution is 2.13. The van der Waals surface area contributed by atoms with E-state index in [4.69, 9.17) is 9.84 Å². The number of rotatable bonds is 19. The van der Waals surface area contributed by atoms with E-state index in [0.29, 0.717) is 6.42 Å². The number of allylic oxidation sites excluding steroid dienone is 3. The van der Waals surface area contributed by atoms with E-state index in [9.17, 15) is 9.59 Å². The van der Waals surface area contributed by atoms with Crippen molar-refractivity contribution in [3.8, 4) is 0 Å². The maximum absolute atomic E-state index is 12.1. The Morgan fingerprint density at radius 2 is 1.50 bits per heavy atom. The molecular formula is C24H42O4. The average molecular weight is 395 g/mol. The molecular weight excluding hydrogens is 352 g/mol. The van der Waals surface area contributed by atoms with Gasteiger partial charge in [-0.3, -0.25) is 9.59 Å². The molecule has 0 fully saturated rings. The number of hydrogen-bond donors (Lipinski definition) is 1. The van der Waals surface area contributed by atoms with E-state index in [1.807, 2.05) is 6.08 Å². The summed E-state index contributed by atoms with van der Waals surface area (Å²) < 4.78 is 5.68. The molecule has 0 aromatic carbocycles. The molecule has 4 nitrogen and oxygen atoms in total. The van der Waals surface area contributed by atoms with Gasteiger partial charge >= 0.3 is 11.9 Å². The molecule has 4 heteroatoms. The Labute approximate surface area is 172 Å². The summed E-state index contributed by atoms with van der Waals surface area (Å²) in [5.74, 6) is -0.833. The number of ether oxygens (including phenoxy) is 1. The number of carboxylic acids is 1. The van der Waals surface area contributed by atoms with E-state index in [1.165, 1.54) is 12.8 Å². The van der Waals surface area contributed by atoms with Crippen molar-refractivity contribution < 1.29 is 19.4 Å². The van der Waals surface area contributed by atoms with Gasteiger partial charge in [-0.05, 0) is 44.6 Å². The molecule has 1 unspecified atom stereocenters. The van der Waals surface area contributed by atoms with Crippen LogP contribution >= 0.6 is 0 Å². The summed E-state index contributed by atoms with van der Waals surface area (Å²) in [6.45, 7) is 4.35. The van der Waals surface area contributed by atoms with E-state index < -0.39 is 5.97 Å². The van der Waals surface area contributed by atoms with Gasteiger partial charge < -0.3 is 9.84 Å². The van der Waals surface area contributed by atoms with Crippen LogP contribution < -0.4 is 0 Å². The summed E-state index contributed by atoms with van der Waals surface area (Å²) in [5, 5.41) is 8.68. The van der Waals surface area contributed by atoms with Crippen LogP contribution in [0.5, 0.6) is 0 Å². The van der Waals surface area contributed by atoms with Gasteiger partial charge in [0, 0.05) is 12.8 Å². The molecule has 162 valence electrons. The highest BCUT2D eigenvalue weighted by atomic mass is 16.5. The van der Waals surface area contributed by atoms with Gasteiger partial charge in [0.15, 0.2) is 0 Å². The minimum Gasteiger partial charge on any atom is -0.481 e. The van der Waals surface area contributed by atoms with Gasteiger partial charge in [-0.25, -0.2) is 0 Å². The van der Waals surface area contributed by atoms with E-state index in [-0.39, 0.29) is 18.5 Å². The van der Waals surface area contributed by atoms with E-state index in [1.54, 1.807) is 0 Å². The number of carboxylic acid groups (broad SMARTS) is 1. The first-order valence-corrected chi connectivity index (χ1v) is 11.3. The van der Waals surface area contributed by atoms with Crippen molar-refractivity contribution in [3.05, 3.63) is 24.3 Å². The van der Waals surface area contributed by atoms with Crippen LogP contribution in [0.3, 0.4) is 0 Å². The highest BCUT2D eigenvalue weighted by molar-refractivity contribution is 5.69. The van der Waals surface area contributed by atoms with Crippen molar-refractivity contribution in [2.75, 3.05) is 0 Å². The molecule has 0 radical (unpaired) electrons. The molecule has 0 saturated heterocycles. The quantitative estimate of drug-likeness (QED) is 0.146. The monoisotopic (exact) mass is 394 g/mol. The Kier molecular flexibility index (Phi) is 19.0. The second kappa shape index (κ2) is 20.2. The fraction of sp³-hybridized carbons (Fsp3) is 0.750. The zero-order valence-electron chi connectivity index (χ0n) is 18.2. The molecule has 0 aromatic heterocycles. The predicted molar refractivity (Wildman–Crippen MR) is 116 cm³/mol. The zero-order chi connectivity index (χ0) is 20.9. The zero-order valence-corrected chi connectivity index (χ0v) is 18.2. The molecule has 0 aliphatic rings. The molecule has 0 heterocycles. The average Bonchev–Trinajstić information content (AvgIpc) is 2.66. The smallest absolute Gasteiger partial charge is 0.306 e. The summed E-state index contributed by atoms with van der Waals surface area (Å²) in [6, 6.07) is 0. The summed E-state index contributed by atoms with van der Waals surface area (Å²) >= 11 is 0. The lowest BCUT2D eigenvalue weighted by atomic mass is 10.1. The van der Waals surface area contributed by atoms with Crippen molar-refractivity contribution in [3.63, 3.8) is 0 Å². The van der Waals surface area contributed by atoms with Gasteiger partial charge in [-0.2, -0.15) is 0 Å². The van der Waals surface area contributed by atoms with Gasteiger partial charge in [0.2, 0.25) is 0 Å². The Hall–Kier alpha value is -1.58. The molecule has 0 saturated carbocycles. The first kappa shape index (κ1) is 26.4. The Morgan fingerprint density at radius 1 is 0.821 bits per heavy atom.